The molecule has 28 heavy (non-hydrogen) atoms. The third-order valence-corrected chi connectivity index (χ3v) is 5.70. The molecule has 1 unspecified atom stereocenters. The molecule has 2 aromatic carbocycles. The molecular weight excluding hydrogens is 440 g/mol. The van der Waals surface area contributed by atoms with E-state index in [0.717, 1.165) is 44.7 Å². The molecule has 0 saturated carbocycles. The van der Waals surface area contributed by atoms with Gasteiger partial charge in [0, 0.05) is 46.5 Å². The van der Waals surface area contributed by atoms with Crippen molar-refractivity contribution in [2.24, 2.45) is 0 Å². The zero-order valence-electron chi connectivity index (χ0n) is 16.1. The van der Waals surface area contributed by atoms with Crippen molar-refractivity contribution in [3.63, 3.8) is 0 Å². The Morgan fingerprint density at radius 1 is 1.21 bits per heavy atom. The number of halogens is 1. The van der Waals surface area contributed by atoms with Gasteiger partial charge in [0.2, 0.25) is 0 Å². The van der Waals surface area contributed by atoms with Crippen LogP contribution in [0.4, 0.5) is 5.82 Å². The van der Waals surface area contributed by atoms with Gasteiger partial charge in [0.1, 0.15) is 24.5 Å². The highest BCUT2D eigenvalue weighted by Gasteiger charge is 2.10. The third-order valence-electron chi connectivity index (χ3n) is 4.17. The molecule has 1 N–H and O–H groups in total. The van der Waals surface area contributed by atoms with Crippen LogP contribution >= 0.6 is 15.9 Å². The molecular formula is C20H23BrN4O2S. The lowest BCUT2D eigenvalue weighted by atomic mass is 10.2. The average molecular weight is 463 g/mol. The van der Waals surface area contributed by atoms with Crippen molar-refractivity contribution >= 4 is 43.5 Å². The second-order valence-corrected chi connectivity index (χ2v) is 8.88. The molecule has 0 bridgehead atoms. The first-order valence-corrected chi connectivity index (χ1v) is 11.2. The van der Waals surface area contributed by atoms with Crippen LogP contribution < -0.4 is 10.1 Å². The van der Waals surface area contributed by atoms with Gasteiger partial charge in [-0.15, -0.1) is 0 Å². The van der Waals surface area contributed by atoms with Gasteiger partial charge >= 0.3 is 0 Å². The van der Waals surface area contributed by atoms with E-state index in [9.17, 15) is 4.21 Å². The Labute approximate surface area is 175 Å². The van der Waals surface area contributed by atoms with E-state index >= 15 is 0 Å². The van der Waals surface area contributed by atoms with Gasteiger partial charge in [-0.05, 0) is 53.8 Å². The molecule has 1 atom stereocenters. The van der Waals surface area contributed by atoms with Crippen LogP contribution in [0.3, 0.4) is 0 Å². The lowest BCUT2D eigenvalue weighted by molar-refractivity contribution is 0.304. The summed E-state index contributed by atoms with van der Waals surface area (Å²) in [6.45, 7) is 2.09. The van der Waals surface area contributed by atoms with Gasteiger partial charge in [-0.25, -0.2) is 9.97 Å². The summed E-state index contributed by atoms with van der Waals surface area (Å²) < 4.78 is 18.5. The maximum absolute atomic E-state index is 11.7. The van der Waals surface area contributed by atoms with Crippen LogP contribution in [0.25, 0.3) is 10.9 Å². The van der Waals surface area contributed by atoms with Crippen LogP contribution in [0.15, 0.2) is 52.1 Å². The molecule has 0 aliphatic heterocycles. The molecule has 8 heteroatoms. The predicted octanol–water partition coefficient (Wildman–Crippen LogP) is 3.68. The Morgan fingerprint density at radius 2 is 2.04 bits per heavy atom. The fourth-order valence-corrected chi connectivity index (χ4v) is 3.73. The van der Waals surface area contributed by atoms with Crippen molar-refractivity contribution in [3.8, 4) is 5.75 Å². The molecule has 0 fully saturated rings. The van der Waals surface area contributed by atoms with Gasteiger partial charge in [0.05, 0.1) is 9.99 Å². The Hall–Kier alpha value is -2.03. The van der Waals surface area contributed by atoms with E-state index in [-0.39, 0.29) is 0 Å². The molecule has 0 radical (unpaired) electrons. The zero-order valence-corrected chi connectivity index (χ0v) is 18.5. The van der Waals surface area contributed by atoms with Gasteiger partial charge < -0.3 is 15.0 Å². The maximum Gasteiger partial charge on any atom is 0.137 e. The number of hydrogen-bond acceptors (Lipinski definition) is 6. The fraction of sp³-hybridized carbons (Fsp3) is 0.300. The van der Waals surface area contributed by atoms with Gasteiger partial charge in [-0.2, -0.15) is 0 Å². The summed E-state index contributed by atoms with van der Waals surface area (Å²) in [5.41, 5.74) is 1.78. The summed E-state index contributed by atoms with van der Waals surface area (Å²) in [6.07, 6.45) is 3.22. The Kier molecular flexibility index (Phi) is 6.98. The molecule has 3 aromatic rings. The van der Waals surface area contributed by atoms with E-state index in [1.54, 1.807) is 12.6 Å². The number of aromatic nitrogens is 2. The Morgan fingerprint density at radius 3 is 2.79 bits per heavy atom. The molecule has 0 aliphatic carbocycles. The molecule has 6 nitrogen and oxygen atoms in total. The van der Waals surface area contributed by atoms with Crippen LogP contribution in [0, 0.1) is 0 Å². The molecule has 1 aromatic heterocycles. The van der Waals surface area contributed by atoms with E-state index in [2.05, 4.69) is 36.1 Å². The van der Waals surface area contributed by atoms with Crippen molar-refractivity contribution in [2.45, 2.75) is 11.5 Å². The highest BCUT2D eigenvalue weighted by Crippen LogP contribution is 2.32. The average Bonchev–Trinajstić information content (AvgIpc) is 2.66. The van der Waals surface area contributed by atoms with E-state index in [1.807, 2.05) is 50.5 Å². The minimum absolute atomic E-state index is 0.383. The molecule has 0 saturated heterocycles. The number of fused-ring (bicyclic) bond motifs is 1. The van der Waals surface area contributed by atoms with Crippen molar-refractivity contribution in [1.29, 1.82) is 0 Å². The third kappa shape index (κ3) is 5.27. The van der Waals surface area contributed by atoms with Gasteiger partial charge in [-0.3, -0.25) is 4.21 Å². The Balaban J connectivity index is 1.78. The number of nitrogens with zero attached hydrogens (tertiary/aromatic N) is 3. The highest BCUT2D eigenvalue weighted by molar-refractivity contribution is 9.10. The lowest BCUT2D eigenvalue weighted by Gasteiger charge is -2.14. The highest BCUT2D eigenvalue weighted by atomic mass is 79.9. The van der Waals surface area contributed by atoms with Crippen molar-refractivity contribution in [3.05, 3.63) is 52.8 Å². The number of benzene rings is 2. The fourth-order valence-electron chi connectivity index (χ4n) is 2.68. The Bertz CT molecular complexity index is 997. The van der Waals surface area contributed by atoms with Gasteiger partial charge in [0.25, 0.3) is 0 Å². The number of ether oxygens (including phenoxy) is 1. The molecule has 0 aliphatic rings. The van der Waals surface area contributed by atoms with Crippen LogP contribution in [-0.2, 0) is 17.4 Å². The zero-order chi connectivity index (χ0) is 20.1. The number of anilines is 1. The van der Waals surface area contributed by atoms with Crippen molar-refractivity contribution in [2.75, 3.05) is 38.8 Å². The van der Waals surface area contributed by atoms with Gasteiger partial charge in [0.15, 0.2) is 0 Å². The van der Waals surface area contributed by atoms with Crippen LogP contribution in [0.5, 0.6) is 5.75 Å². The predicted molar refractivity (Wildman–Crippen MR) is 117 cm³/mol. The number of nitrogens with one attached hydrogen (secondary N) is 1. The summed E-state index contributed by atoms with van der Waals surface area (Å²) in [5, 5.41) is 4.29. The van der Waals surface area contributed by atoms with Gasteiger partial charge in [-0.1, -0.05) is 12.1 Å². The summed E-state index contributed by atoms with van der Waals surface area (Å²) in [7, 11) is 3.06. The second kappa shape index (κ2) is 9.45. The standard InChI is InChI=1S/C20H23BrN4O2S/c1-25(2)8-7-22-20-16-10-17(21)19(11-18(16)23-13-24-20)27-12-14-5-4-6-15(9-14)28(3)26/h4-6,9-11,13H,7-8,12H2,1-3H3,(H,22,23,24). The van der Waals surface area contributed by atoms with Crippen LogP contribution in [0.2, 0.25) is 0 Å². The first kappa shape index (κ1) is 20.7. The topological polar surface area (TPSA) is 67.3 Å². The minimum atomic E-state index is -1.01. The summed E-state index contributed by atoms with van der Waals surface area (Å²) in [6, 6.07) is 11.5. The number of rotatable bonds is 8. The molecule has 148 valence electrons. The van der Waals surface area contributed by atoms with Crippen molar-refractivity contribution < 1.29 is 8.95 Å². The smallest absolute Gasteiger partial charge is 0.137 e. The quantitative estimate of drug-likeness (QED) is 0.550. The number of hydrogen-bond donors (Lipinski definition) is 1. The summed E-state index contributed by atoms with van der Waals surface area (Å²) >= 11 is 3.59. The largest absolute Gasteiger partial charge is 0.488 e. The summed E-state index contributed by atoms with van der Waals surface area (Å²) in [4.78, 5) is 11.6. The number of likely N-dealkylation sites (N-methyl/N-ethyl adjacent to an activating group) is 1. The van der Waals surface area contributed by atoms with E-state index in [4.69, 9.17) is 4.74 Å². The van der Waals surface area contributed by atoms with Crippen molar-refractivity contribution in [1.82, 2.24) is 14.9 Å². The van der Waals surface area contributed by atoms with E-state index < -0.39 is 10.8 Å². The first-order valence-electron chi connectivity index (χ1n) is 8.82. The molecule has 3 rings (SSSR count). The molecule has 1 heterocycles. The lowest BCUT2D eigenvalue weighted by Crippen LogP contribution is -2.21. The van der Waals surface area contributed by atoms with E-state index in [1.165, 1.54) is 0 Å². The molecule has 0 amide bonds. The summed E-state index contributed by atoms with van der Waals surface area (Å²) in [5.74, 6) is 1.51. The first-order chi connectivity index (χ1) is 13.4. The maximum atomic E-state index is 11.7. The normalized spacial score (nSPS) is 12.3. The monoisotopic (exact) mass is 462 g/mol. The minimum Gasteiger partial charge on any atom is -0.488 e. The van der Waals surface area contributed by atoms with Crippen LogP contribution in [0.1, 0.15) is 5.56 Å². The van der Waals surface area contributed by atoms with Crippen LogP contribution in [-0.4, -0.2) is 52.5 Å². The molecule has 0 spiro atoms. The SMILES string of the molecule is CN(C)CCNc1ncnc2cc(OCc3cccc(S(C)=O)c3)c(Br)cc12. The second-order valence-electron chi connectivity index (χ2n) is 6.64. The van der Waals surface area contributed by atoms with E-state index in [0.29, 0.717) is 12.4 Å².